The van der Waals surface area contributed by atoms with Crippen LogP contribution >= 0.6 is 11.3 Å². The summed E-state index contributed by atoms with van der Waals surface area (Å²) in [6.07, 6.45) is 2.84. The van der Waals surface area contributed by atoms with Gasteiger partial charge in [-0.15, -0.1) is 11.3 Å². The Morgan fingerprint density at radius 2 is 2.10 bits per heavy atom. The Kier molecular flexibility index (Phi) is 3.52. The summed E-state index contributed by atoms with van der Waals surface area (Å²) in [5.74, 6) is 0. The first-order valence-corrected chi connectivity index (χ1v) is 8.52. The molecule has 2 aromatic heterocycles. The van der Waals surface area contributed by atoms with E-state index < -0.39 is 10.0 Å². The van der Waals surface area contributed by atoms with Crippen LogP contribution in [-0.2, 0) is 23.6 Å². The number of rotatable bonds is 4. The number of fused-ring (bicyclic) bond motifs is 1. The Labute approximate surface area is 126 Å². The van der Waals surface area contributed by atoms with E-state index in [1.165, 1.54) is 32.7 Å². The second-order valence-corrected chi connectivity index (χ2v) is 7.85. The van der Waals surface area contributed by atoms with Gasteiger partial charge < -0.3 is 0 Å². The number of para-hydroxylation sites is 1. The summed E-state index contributed by atoms with van der Waals surface area (Å²) in [5, 5.41) is 4.67. The number of aryl methyl sites for hydroxylation is 1. The van der Waals surface area contributed by atoms with Crippen LogP contribution in [0.3, 0.4) is 0 Å². The number of hydrogen-bond donors (Lipinski definition) is 0. The molecule has 0 saturated carbocycles. The van der Waals surface area contributed by atoms with Crippen LogP contribution in [0.25, 0.3) is 10.2 Å². The first kappa shape index (κ1) is 14.2. The minimum atomic E-state index is -3.54. The maximum atomic E-state index is 12.4. The quantitative estimate of drug-likeness (QED) is 0.735. The second kappa shape index (κ2) is 5.21. The van der Waals surface area contributed by atoms with Crippen molar-refractivity contribution >= 4 is 31.6 Å². The Hall–Kier alpha value is -1.77. The molecule has 3 rings (SSSR count). The van der Waals surface area contributed by atoms with Crippen molar-refractivity contribution in [1.82, 2.24) is 19.1 Å². The van der Waals surface area contributed by atoms with E-state index in [1.54, 1.807) is 14.1 Å². The van der Waals surface area contributed by atoms with Crippen molar-refractivity contribution in [3.8, 4) is 0 Å². The number of aromatic nitrogens is 3. The molecule has 2 heterocycles. The fourth-order valence-electron chi connectivity index (χ4n) is 1.97. The van der Waals surface area contributed by atoms with Crippen LogP contribution in [0.1, 0.15) is 5.01 Å². The van der Waals surface area contributed by atoms with E-state index in [1.807, 2.05) is 24.3 Å². The van der Waals surface area contributed by atoms with E-state index in [2.05, 4.69) is 10.1 Å². The molecule has 0 amide bonds. The summed E-state index contributed by atoms with van der Waals surface area (Å²) >= 11 is 1.50. The largest absolute Gasteiger partial charge is 0.274 e. The zero-order valence-electron chi connectivity index (χ0n) is 11.6. The lowest BCUT2D eigenvalue weighted by molar-refractivity contribution is 0.466. The molecule has 3 aromatic rings. The van der Waals surface area contributed by atoms with Gasteiger partial charge in [0.05, 0.1) is 23.0 Å². The van der Waals surface area contributed by atoms with Crippen molar-refractivity contribution < 1.29 is 8.42 Å². The lowest BCUT2D eigenvalue weighted by Crippen LogP contribution is -2.26. The molecule has 0 bridgehead atoms. The van der Waals surface area contributed by atoms with Crippen LogP contribution < -0.4 is 0 Å². The minimum Gasteiger partial charge on any atom is -0.274 e. The smallest absolute Gasteiger partial charge is 0.246 e. The lowest BCUT2D eigenvalue weighted by Gasteiger charge is -2.14. The van der Waals surface area contributed by atoms with Crippen LogP contribution in [0, 0.1) is 0 Å². The monoisotopic (exact) mass is 322 g/mol. The van der Waals surface area contributed by atoms with Gasteiger partial charge in [-0.05, 0) is 12.1 Å². The Morgan fingerprint density at radius 3 is 2.76 bits per heavy atom. The molecule has 6 nitrogen and oxygen atoms in total. The molecule has 0 N–H and O–H groups in total. The number of thiazole rings is 1. The Morgan fingerprint density at radius 1 is 1.33 bits per heavy atom. The molecule has 0 aliphatic rings. The second-order valence-electron chi connectivity index (χ2n) is 4.69. The summed E-state index contributed by atoms with van der Waals surface area (Å²) in [4.78, 5) is 4.65. The van der Waals surface area contributed by atoms with Crippen molar-refractivity contribution in [3.63, 3.8) is 0 Å². The fourth-order valence-corrected chi connectivity index (χ4v) is 4.20. The molecule has 0 aliphatic heterocycles. The van der Waals surface area contributed by atoms with Crippen molar-refractivity contribution in [3.05, 3.63) is 41.7 Å². The molecule has 0 saturated heterocycles. The van der Waals surface area contributed by atoms with Crippen molar-refractivity contribution in [2.24, 2.45) is 7.05 Å². The summed E-state index contributed by atoms with van der Waals surface area (Å²) in [6.45, 7) is 0.247. The third-order valence-electron chi connectivity index (χ3n) is 3.09. The molecule has 21 heavy (non-hydrogen) atoms. The number of nitrogens with zero attached hydrogens (tertiary/aromatic N) is 4. The van der Waals surface area contributed by atoms with E-state index in [4.69, 9.17) is 0 Å². The summed E-state index contributed by atoms with van der Waals surface area (Å²) < 4.78 is 28.6. The van der Waals surface area contributed by atoms with Crippen LogP contribution in [-0.4, -0.2) is 34.5 Å². The highest BCUT2D eigenvalue weighted by Gasteiger charge is 2.23. The summed E-state index contributed by atoms with van der Waals surface area (Å²) in [6, 6.07) is 7.76. The molecule has 0 atom stereocenters. The average Bonchev–Trinajstić information content (AvgIpc) is 3.04. The zero-order valence-corrected chi connectivity index (χ0v) is 13.2. The van der Waals surface area contributed by atoms with E-state index >= 15 is 0 Å². The van der Waals surface area contributed by atoms with Gasteiger partial charge in [0.1, 0.15) is 9.90 Å². The third kappa shape index (κ3) is 2.69. The van der Waals surface area contributed by atoms with Gasteiger partial charge in [0.25, 0.3) is 0 Å². The van der Waals surface area contributed by atoms with Gasteiger partial charge >= 0.3 is 0 Å². The van der Waals surface area contributed by atoms with E-state index in [0.29, 0.717) is 0 Å². The fraction of sp³-hybridized carbons (Fsp3) is 0.231. The van der Waals surface area contributed by atoms with E-state index in [0.717, 1.165) is 15.2 Å². The van der Waals surface area contributed by atoms with Gasteiger partial charge in [-0.1, -0.05) is 12.1 Å². The first-order valence-electron chi connectivity index (χ1n) is 6.26. The standard InChI is InChI=1S/C13H14N4O2S2/c1-16-8-10(7-14-16)21(18,19)17(2)9-13-15-11-5-3-4-6-12(11)20-13/h3-8H,9H2,1-2H3. The Balaban J connectivity index is 1.87. The third-order valence-corrected chi connectivity index (χ3v) is 5.86. The topological polar surface area (TPSA) is 68.1 Å². The molecular formula is C13H14N4O2S2. The van der Waals surface area contributed by atoms with Gasteiger partial charge in [0.15, 0.2) is 0 Å². The Bertz CT molecular complexity index is 849. The lowest BCUT2D eigenvalue weighted by atomic mass is 10.3. The van der Waals surface area contributed by atoms with Crippen molar-refractivity contribution in [1.29, 1.82) is 0 Å². The minimum absolute atomic E-state index is 0.189. The maximum Gasteiger partial charge on any atom is 0.246 e. The highest BCUT2D eigenvalue weighted by Crippen LogP contribution is 2.24. The molecule has 0 unspecified atom stereocenters. The number of benzene rings is 1. The highest BCUT2D eigenvalue weighted by atomic mass is 32.2. The highest BCUT2D eigenvalue weighted by molar-refractivity contribution is 7.89. The molecule has 0 spiro atoms. The number of sulfonamides is 1. The molecule has 110 valence electrons. The van der Waals surface area contributed by atoms with Gasteiger partial charge in [0, 0.05) is 20.3 Å². The molecule has 0 aliphatic carbocycles. The van der Waals surface area contributed by atoms with Crippen molar-refractivity contribution in [2.75, 3.05) is 7.05 Å². The van der Waals surface area contributed by atoms with Crippen LogP contribution in [0.15, 0.2) is 41.6 Å². The predicted molar refractivity (Wildman–Crippen MR) is 81.5 cm³/mol. The van der Waals surface area contributed by atoms with Gasteiger partial charge in [-0.3, -0.25) is 4.68 Å². The molecule has 8 heteroatoms. The average molecular weight is 322 g/mol. The first-order chi connectivity index (χ1) is 9.96. The maximum absolute atomic E-state index is 12.4. The molecule has 1 aromatic carbocycles. The zero-order chi connectivity index (χ0) is 15.0. The summed E-state index contributed by atoms with van der Waals surface area (Å²) in [7, 11) is -0.300. The molecule has 0 fully saturated rings. The predicted octanol–water partition coefficient (Wildman–Crippen LogP) is 1.85. The van der Waals surface area contributed by atoms with Gasteiger partial charge in [0.2, 0.25) is 10.0 Å². The molecular weight excluding hydrogens is 308 g/mol. The molecule has 0 radical (unpaired) electrons. The van der Waals surface area contributed by atoms with Crippen LogP contribution in [0.4, 0.5) is 0 Å². The number of hydrogen-bond acceptors (Lipinski definition) is 5. The normalized spacial score (nSPS) is 12.3. The SMILES string of the molecule is CN(Cc1nc2ccccc2s1)S(=O)(=O)c1cnn(C)c1. The van der Waals surface area contributed by atoms with E-state index in [9.17, 15) is 8.42 Å². The van der Waals surface area contributed by atoms with Gasteiger partial charge in [-0.25, -0.2) is 13.4 Å². The van der Waals surface area contributed by atoms with E-state index in [-0.39, 0.29) is 11.4 Å². The van der Waals surface area contributed by atoms with Crippen molar-refractivity contribution in [2.45, 2.75) is 11.4 Å². The van der Waals surface area contributed by atoms with Crippen LogP contribution in [0.5, 0.6) is 0 Å². The van der Waals surface area contributed by atoms with Gasteiger partial charge in [-0.2, -0.15) is 9.40 Å². The van der Waals surface area contributed by atoms with Crippen LogP contribution in [0.2, 0.25) is 0 Å². The summed E-state index contributed by atoms with van der Waals surface area (Å²) in [5.41, 5.74) is 0.893.